The minimum absolute atomic E-state index is 0.368. The van der Waals surface area contributed by atoms with Crippen molar-refractivity contribution in [3.8, 4) is 23.0 Å². The Hall–Kier alpha value is -1.83. The number of hydrogen-bond acceptors (Lipinski definition) is 3. The third-order valence-electron chi connectivity index (χ3n) is 2.39. The number of nitrogens with zero attached hydrogens (tertiary/aromatic N) is 3. The SMILES string of the molecule is Cn1cc(-c2cnc(Cl)cc2C#CC(C)(C)O)cn1. The maximum atomic E-state index is 9.68. The van der Waals surface area contributed by atoms with Crippen LogP contribution in [0.5, 0.6) is 0 Å². The summed E-state index contributed by atoms with van der Waals surface area (Å²) < 4.78 is 1.71. The molecule has 0 radical (unpaired) electrons. The molecule has 0 fully saturated rings. The van der Waals surface area contributed by atoms with Crippen LogP contribution in [-0.2, 0) is 7.05 Å². The molecular formula is C14H14ClN3O. The van der Waals surface area contributed by atoms with E-state index in [1.54, 1.807) is 37.0 Å². The van der Waals surface area contributed by atoms with E-state index in [1.807, 2.05) is 13.2 Å². The van der Waals surface area contributed by atoms with Crippen LogP contribution in [0, 0.1) is 11.8 Å². The second-order valence-corrected chi connectivity index (χ2v) is 5.15. The number of aliphatic hydroxyl groups is 1. The highest BCUT2D eigenvalue weighted by Gasteiger charge is 2.10. The molecule has 0 spiro atoms. The smallest absolute Gasteiger partial charge is 0.130 e. The lowest BCUT2D eigenvalue weighted by atomic mass is 10.0. The van der Waals surface area contributed by atoms with E-state index in [-0.39, 0.29) is 0 Å². The van der Waals surface area contributed by atoms with Crippen molar-refractivity contribution in [3.05, 3.63) is 35.4 Å². The summed E-state index contributed by atoms with van der Waals surface area (Å²) in [6, 6.07) is 1.68. The van der Waals surface area contributed by atoms with Gasteiger partial charge in [0, 0.05) is 36.1 Å². The van der Waals surface area contributed by atoms with Crippen LogP contribution in [0.2, 0.25) is 5.15 Å². The molecule has 2 aromatic rings. The monoisotopic (exact) mass is 275 g/mol. The first kappa shape index (κ1) is 13.6. The first-order valence-electron chi connectivity index (χ1n) is 5.75. The first-order valence-corrected chi connectivity index (χ1v) is 6.13. The lowest BCUT2D eigenvalue weighted by Gasteiger charge is -2.07. The van der Waals surface area contributed by atoms with Gasteiger partial charge in [0.15, 0.2) is 0 Å². The van der Waals surface area contributed by atoms with E-state index in [1.165, 1.54) is 0 Å². The molecule has 1 N–H and O–H groups in total. The molecule has 0 saturated carbocycles. The summed E-state index contributed by atoms with van der Waals surface area (Å²) in [4.78, 5) is 4.07. The van der Waals surface area contributed by atoms with Gasteiger partial charge in [0.1, 0.15) is 10.8 Å². The fourth-order valence-electron chi connectivity index (χ4n) is 1.54. The molecule has 0 bridgehead atoms. The van der Waals surface area contributed by atoms with Crippen LogP contribution in [0.15, 0.2) is 24.7 Å². The first-order chi connectivity index (χ1) is 8.85. The number of pyridine rings is 1. The highest BCUT2D eigenvalue weighted by Crippen LogP contribution is 2.23. The number of aromatic nitrogens is 3. The van der Waals surface area contributed by atoms with Crippen LogP contribution >= 0.6 is 11.6 Å². The number of aryl methyl sites for hydroxylation is 1. The number of hydrogen-bond donors (Lipinski definition) is 1. The van der Waals surface area contributed by atoms with Crippen LogP contribution in [0.4, 0.5) is 0 Å². The second kappa shape index (κ2) is 5.04. The minimum atomic E-state index is -1.05. The van der Waals surface area contributed by atoms with Crippen molar-refractivity contribution in [2.45, 2.75) is 19.4 Å². The highest BCUT2D eigenvalue weighted by atomic mass is 35.5. The van der Waals surface area contributed by atoms with Crippen LogP contribution < -0.4 is 0 Å². The van der Waals surface area contributed by atoms with E-state index in [9.17, 15) is 5.11 Å². The fourth-order valence-corrected chi connectivity index (χ4v) is 1.70. The average Bonchev–Trinajstić information content (AvgIpc) is 2.72. The largest absolute Gasteiger partial charge is 0.378 e. The van der Waals surface area contributed by atoms with Gasteiger partial charge in [0.05, 0.1) is 6.20 Å². The molecule has 0 amide bonds. The number of halogens is 1. The summed E-state index contributed by atoms with van der Waals surface area (Å²) in [7, 11) is 1.84. The summed E-state index contributed by atoms with van der Waals surface area (Å²) in [5.74, 6) is 5.71. The Morgan fingerprint density at radius 3 is 2.68 bits per heavy atom. The topological polar surface area (TPSA) is 50.9 Å². The molecule has 0 aliphatic rings. The molecule has 0 atom stereocenters. The Bertz CT molecular complexity index is 659. The van der Waals surface area contributed by atoms with E-state index in [0.717, 1.165) is 16.7 Å². The molecule has 98 valence electrons. The summed E-state index contributed by atoms with van der Waals surface area (Å²) in [5.41, 5.74) is 1.41. The van der Waals surface area contributed by atoms with Crippen LogP contribution in [-0.4, -0.2) is 25.5 Å². The van der Waals surface area contributed by atoms with Gasteiger partial charge in [-0.15, -0.1) is 0 Å². The highest BCUT2D eigenvalue weighted by molar-refractivity contribution is 6.29. The Labute approximate surface area is 117 Å². The van der Waals surface area contributed by atoms with Gasteiger partial charge in [-0.2, -0.15) is 5.10 Å². The van der Waals surface area contributed by atoms with E-state index in [2.05, 4.69) is 21.9 Å². The van der Waals surface area contributed by atoms with Crippen molar-refractivity contribution in [3.63, 3.8) is 0 Å². The normalized spacial score (nSPS) is 11.0. The van der Waals surface area contributed by atoms with Crippen LogP contribution in [0.1, 0.15) is 19.4 Å². The molecule has 0 saturated heterocycles. The zero-order chi connectivity index (χ0) is 14.0. The maximum Gasteiger partial charge on any atom is 0.130 e. The van der Waals surface area contributed by atoms with E-state index < -0.39 is 5.60 Å². The number of rotatable bonds is 1. The van der Waals surface area contributed by atoms with Crippen molar-refractivity contribution in [1.29, 1.82) is 0 Å². The van der Waals surface area contributed by atoms with E-state index in [0.29, 0.717) is 5.15 Å². The molecule has 0 aliphatic carbocycles. The van der Waals surface area contributed by atoms with Crippen molar-refractivity contribution in [2.24, 2.45) is 7.05 Å². The van der Waals surface area contributed by atoms with Crippen molar-refractivity contribution >= 4 is 11.6 Å². The quantitative estimate of drug-likeness (QED) is 0.642. The zero-order valence-electron chi connectivity index (χ0n) is 11.0. The molecule has 19 heavy (non-hydrogen) atoms. The maximum absolute atomic E-state index is 9.68. The summed E-state index contributed by atoms with van der Waals surface area (Å²) >= 11 is 5.90. The third-order valence-corrected chi connectivity index (χ3v) is 2.60. The molecule has 4 nitrogen and oxygen atoms in total. The van der Waals surface area contributed by atoms with Gasteiger partial charge in [-0.3, -0.25) is 4.68 Å². The predicted octanol–water partition coefficient (Wildman–Crippen LogP) is 2.26. The van der Waals surface area contributed by atoms with Gasteiger partial charge in [-0.25, -0.2) is 4.98 Å². The summed E-state index contributed by atoms with van der Waals surface area (Å²) in [6.07, 6.45) is 5.27. The van der Waals surface area contributed by atoms with Gasteiger partial charge in [0.25, 0.3) is 0 Å². The van der Waals surface area contributed by atoms with Gasteiger partial charge in [0.2, 0.25) is 0 Å². The molecular weight excluding hydrogens is 262 g/mol. The molecule has 0 unspecified atom stereocenters. The third kappa shape index (κ3) is 3.57. The van der Waals surface area contributed by atoms with Gasteiger partial charge >= 0.3 is 0 Å². The van der Waals surface area contributed by atoms with Gasteiger partial charge in [-0.1, -0.05) is 23.4 Å². The Morgan fingerprint density at radius 2 is 2.11 bits per heavy atom. The molecule has 0 aliphatic heterocycles. The van der Waals surface area contributed by atoms with E-state index in [4.69, 9.17) is 11.6 Å². The summed E-state index contributed by atoms with van der Waals surface area (Å²) in [6.45, 7) is 3.26. The summed E-state index contributed by atoms with van der Waals surface area (Å²) in [5, 5.41) is 14.2. The van der Waals surface area contributed by atoms with Crippen molar-refractivity contribution in [1.82, 2.24) is 14.8 Å². The molecule has 2 rings (SSSR count). The Morgan fingerprint density at radius 1 is 1.37 bits per heavy atom. The van der Waals surface area contributed by atoms with Crippen molar-refractivity contribution < 1.29 is 5.11 Å². The predicted molar refractivity (Wildman–Crippen MR) is 74.6 cm³/mol. The lowest BCUT2D eigenvalue weighted by Crippen LogP contribution is -2.14. The fraction of sp³-hybridized carbons (Fsp3) is 0.286. The Kier molecular flexibility index (Phi) is 3.61. The molecule has 0 aromatic carbocycles. The van der Waals surface area contributed by atoms with Gasteiger partial charge < -0.3 is 5.11 Å². The average molecular weight is 276 g/mol. The lowest BCUT2D eigenvalue weighted by molar-refractivity contribution is 0.143. The Balaban J connectivity index is 2.52. The van der Waals surface area contributed by atoms with Gasteiger partial charge in [-0.05, 0) is 19.9 Å². The molecule has 2 aromatic heterocycles. The van der Waals surface area contributed by atoms with E-state index >= 15 is 0 Å². The van der Waals surface area contributed by atoms with Crippen LogP contribution in [0.3, 0.4) is 0 Å². The molecule has 5 heteroatoms. The standard InChI is InChI=1S/C14H14ClN3O/c1-14(2,19)5-4-10-6-13(15)16-8-12(10)11-7-17-18(3)9-11/h6-9,19H,1-3H3. The van der Waals surface area contributed by atoms with Crippen LogP contribution in [0.25, 0.3) is 11.1 Å². The molecule has 2 heterocycles. The minimum Gasteiger partial charge on any atom is -0.378 e. The zero-order valence-corrected chi connectivity index (χ0v) is 11.7. The second-order valence-electron chi connectivity index (χ2n) is 4.76. The van der Waals surface area contributed by atoms with Crippen molar-refractivity contribution in [2.75, 3.05) is 0 Å².